The van der Waals surface area contributed by atoms with Crippen LogP contribution in [-0.2, 0) is 9.53 Å². The number of esters is 1. The highest BCUT2D eigenvalue weighted by Gasteiger charge is 2.24. The monoisotopic (exact) mass is 359 g/mol. The summed E-state index contributed by atoms with van der Waals surface area (Å²) in [7, 11) is 4.42. The second-order valence-electron chi connectivity index (χ2n) is 5.09. The van der Waals surface area contributed by atoms with E-state index in [2.05, 4.69) is 5.32 Å². The van der Waals surface area contributed by atoms with Crippen molar-refractivity contribution in [1.82, 2.24) is 5.32 Å². The molecule has 0 amide bonds. The van der Waals surface area contributed by atoms with Crippen LogP contribution in [0.15, 0.2) is 12.1 Å². The lowest BCUT2D eigenvalue weighted by Gasteiger charge is -2.14. The van der Waals surface area contributed by atoms with Crippen LogP contribution in [0.2, 0.25) is 0 Å². The highest BCUT2D eigenvalue weighted by molar-refractivity contribution is 5.99. The number of carbonyl (C=O) groups is 2. The lowest BCUT2D eigenvalue weighted by atomic mass is 10.1. The lowest BCUT2D eigenvalue weighted by Crippen LogP contribution is -2.33. The van der Waals surface area contributed by atoms with E-state index in [1.54, 1.807) is 0 Å². The van der Waals surface area contributed by atoms with Crippen LogP contribution in [0.3, 0.4) is 0 Å². The summed E-state index contributed by atoms with van der Waals surface area (Å²) in [4.78, 5) is 24.1. The number of carbonyl (C=O) groups excluding carboxylic acids is 2. The van der Waals surface area contributed by atoms with Crippen molar-refractivity contribution >= 4 is 24.2 Å². The Bertz CT molecular complexity index is 561. The van der Waals surface area contributed by atoms with Gasteiger partial charge in [0.15, 0.2) is 18.1 Å². The Morgan fingerprint density at radius 3 is 2.21 bits per heavy atom. The van der Waals surface area contributed by atoms with Gasteiger partial charge in [0.2, 0.25) is 11.5 Å². The summed E-state index contributed by atoms with van der Waals surface area (Å²) in [5.74, 6) is 0.413. The molecule has 0 unspecified atom stereocenters. The first kappa shape index (κ1) is 20.1. The quantitative estimate of drug-likeness (QED) is 0.585. The van der Waals surface area contributed by atoms with Gasteiger partial charge in [0.1, 0.15) is 6.04 Å². The summed E-state index contributed by atoms with van der Waals surface area (Å²) in [5, 5.41) is 3.03. The van der Waals surface area contributed by atoms with Crippen LogP contribution in [0.5, 0.6) is 17.2 Å². The molecule has 0 radical (unpaired) electrons. The molecule has 0 aliphatic carbocycles. The molecule has 2 rings (SSSR count). The SMILES string of the molecule is COc1cc(C(=O)COC(=O)[C@@H]2CCCN2)cc(OC)c1OC.Cl. The van der Waals surface area contributed by atoms with Crippen LogP contribution in [-0.4, -0.2) is 52.3 Å². The largest absolute Gasteiger partial charge is 0.493 e. The fourth-order valence-corrected chi connectivity index (χ4v) is 2.45. The molecular weight excluding hydrogens is 338 g/mol. The minimum absolute atomic E-state index is 0. The van der Waals surface area contributed by atoms with E-state index >= 15 is 0 Å². The number of Topliss-reactive ketones (excluding diaryl/α,β-unsaturated/α-hetero) is 1. The van der Waals surface area contributed by atoms with E-state index in [0.717, 1.165) is 19.4 Å². The van der Waals surface area contributed by atoms with Gasteiger partial charge in [0.05, 0.1) is 21.3 Å². The van der Waals surface area contributed by atoms with Gasteiger partial charge < -0.3 is 24.3 Å². The molecule has 1 saturated heterocycles. The molecule has 8 heteroatoms. The first-order valence-corrected chi connectivity index (χ1v) is 7.34. The summed E-state index contributed by atoms with van der Waals surface area (Å²) in [5.41, 5.74) is 0.326. The summed E-state index contributed by atoms with van der Waals surface area (Å²) in [6, 6.07) is 2.75. The predicted octanol–water partition coefficient (Wildman–Crippen LogP) is 1.61. The predicted molar refractivity (Wildman–Crippen MR) is 89.7 cm³/mol. The van der Waals surface area contributed by atoms with Gasteiger partial charge in [-0.3, -0.25) is 9.59 Å². The maximum atomic E-state index is 12.3. The standard InChI is InChI=1S/C16H21NO6.ClH/c1-20-13-7-10(8-14(21-2)15(13)22-3)12(18)9-23-16(19)11-5-4-6-17-11;/h7-8,11,17H,4-6,9H2,1-3H3;1H/t11-;/m0./s1. The molecule has 134 valence electrons. The zero-order valence-electron chi connectivity index (χ0n) is 13.9. The van der Waals surface area contributed by atoms with E-state index in [4.69, 9.17) is 18.9 Å². The molecule has 1 atom stereocenters. The highest BCUT2D eigenvalue weighted by atomic mass is 35.5. The Morgan fingerprint density at radius 2 is 1.75 bits per heavy atom. The van der Waals surface area contributed by atoms with E-state index in [0.29, 0.717) is 22.8 Å². The average molecular weight is 360 g/mol. The van der Waals surface area contributed by atoms with Gasteiger partial charge in [-0.1, -0.05) is 0 Å². The van der Waals surface area contributed by atoms with Crippen LogP contribution < -0.4 is 19.5 Å². The van der Waals surface area contributed by atoms with Gasteiger partial charge in [0, 0.05) is 5.56 Å². The summed E-state index contributed by atoms with van der Waals surface area (Å²) < 4.78 is 20.7. The van der Waals surface area contributed by atoms with E-state index in [1.165, 1.54) is 33.5 Å². The van der Waals surface area contributed by atoms with Crippen molar-refractivity contribution < 1.29 is 28.5 Å². The molecule has 1 aliphatic heterocycles. The van der Waals surface area contributed by atoms with Gasteiger partial charge in [0.25, 0.3) is 0 Å². The number of hydrogen-bond donors (Lipinski definition) is 1. The van der Waals surface area contributed by atoms with Crippen molar-refractivity contribution in [2.75, 3.05) is 34.5 Å². The number of methoxy groups -OCH3 is 3. The smallest absolute Gasteiger partial charge is 0.323 e. The molecule has 0 bridgehead atoms. The number of hydrogen-bond acceptors (Lipinski definition) is 7. The zero-order chi connectivity index (χ0) is 16.8. The molecule has 1 heterocycles. The number of halogens is 1. The average Bonchev–Trinajstić information content (AvgIpc) is 3.12. The lowest BCUT2D eigenvalue weighted by molar-refractivity contribution is -0.144. The summed E-state index contributed by atoms with van der Waals surface area (Å²) >= 11 is 0. The van der Waals surface area contributed by atoms with Crippen molar-refractivity contribution in [3.05, 3.63) is 17.7 Å². The van der Waals surface area contributed by atoms with E-state index < -0.39 is 5.97 Å². The molecule has 0 spiro atoms. The van der Waals surface area contributed by atoms with E-state index in [9.17, 15) is 9.59 Å². The molecule has 24 heavy (non-hydrogen) atoms. The first-order valence-electron chi connectivity index (χ1n) is 7.34. The number of rotatable bonds is 7. The molecule has 7 nitrogen and oxygen atoms in total. The number of nitrogens with one attached hydrogen (secondary N) is 1. The van der Waals surface area contributed by atoms with Crippen LogP contribution in [0.25, 0.3) is 0 Å². The maximum Gasteiger partial charge on any atom is 0.323 e. The van der Waals surface area contributed by atoms with Crippen LogP contribution in [0, 0.1) is 0 Å². The fourth-order valence-electron chi connectivity index (χ4n) is 2.45. The molecular formula is C16H22ClNO6. The number of ketones is 1. The Morgan fingerprint density at radius 1 is 1.12 bits per heavy atom. The summed E-state index contributed by atoms with van der Waals surface area (Å²) in [6.07, 6.45) is 1.66. The Kier molecular flexibility index (Phi) is 7.81. The molecule has 1 aliphatic rings. The molecule has 0 saturated carbocycles. The second kappa shape index (κ2) is 9.34. The third-order valence-electron chi connectivity index (χ3n) is 3.68. The Labute approximate surface area is 147 Å². The van der Waals surface area contributed by atoms with Gasteiger partial charge in [-0.05, 0) is 31.5 Å². The maximum absolute atomic E-state index is 12.3. The zero-order valence-corrected chi connectivity index (χ0v) is 14.7. The minimum Gasteiger partial charge on any atom is -0.493 e. The molecule has 1 aromatic rings. The number of benzene rings is 1. The van der Waals surface area contributed by atoms with Gasteiger partial charge in [-0.2, -0.15) is 0 Å². The third-order valence-corrected chi connectivity index (χ3v) is 3.68. The van der Waals surface area contributed by atoms with E-state index in [1.807, 2.05) is 0 Å². The molecule has 1 aromatic carbocycles. The normalized spacial score (nSPS) is 16.0. The van der Waals surface area contributed by atoms with Crippen molar-refractivity contribution in [2.24, 2.45) is 0 Å². The highest BCUT2D eigenvalue weighted by Crippen LogP contribution is 2.38. The van der Waals surface area contributed by atoms with Gasteiger partial charge >= 0.3 is 5.97 Å². The third kappa shape index (κ3) is 4.52. The van der Waals surface area contributed by atoms with Gasteiger partial charge in [-0.15, -0.1) is 12.4 Å². The van der Waals surface area contributed by atoms with Crippen LogP contribution in [0.1, 0.15) is 23.2 Å². The first-order chi connectivity index (χ1) is 11.1. The van der Waals surface area contributed by atoms with Crippen molar-refractivity contribution in [2.45, 2.75) is 18.9 Å². The van der Waals surface area contributed by atoms with Crippen molar-refractivity contribution in [1.29, 1.82) is 0 Å². The second-order valence-corrected chi connectivity index (χ2v) is 5.09. The van der Waals surface area contributed by atoms with Crippen LogP contribution >= 0.6 is 12.4 Å². The minimum atomic E-state index is -0.400. The van der Waals surface area contributed by atoms with E-state index in [-0.39, 0.29) is 30.8 Å². The van der Waals surface area contributed by atoms with Crippen LogP contribution in [0.4, 0.5) is 0 Å². The molecule has 0 aromatic heterocycles. The van der Waals surface area contributed by atoms with Gasteiger partial charge in [-0.25, -0.2) is 0 Å². The molecule has 1 N–H and O–H groups in total. The Balaban J connectivity index is 0.00000288. The number of ether oxygens (including phenoxy) is 4. The van der Waals surface area contributed by atoms with Crippen molar-refractivity contribution in [3.8, 4) is 17.2 Å². The summed E-state index contributed by atoms with van der Waals surface area (Å²) in [6.45, 7) is 0.468. The van der Waals surface area contributed by atoms with Crippen molar-refractivity contribution in [3.63, 3.8) is 0 Å². The fraction of sp³-hybridized carbons (Fsp3) is 0.500. The molecule has 1 fully saturated rings. The topological polar surface area (TPSA) is 83.1 Å². The Hall–Kier alpha value is -1.99.